The highest BCUT2D eigenvalue weighted by Gasteiger charge is 2.51. The van der Waals surface area contributed by atoms with E-state index in [1.807, 2.05) is 18.5 Å². The first kappa shape index (κ1) is 20.1. The molecule has 4 rings (SSSR count). The van der Waals surface area contributed by atoms with Gasteiger partial charge in [-0.2, -0.15) is 0 Å². The van der Waals surface area contributed by atoms with Crippen LogP contribution in [0, 0.1) is 6.07 Å². The summed E-state index contributed by atoms with van der Waals surface area (Å²) in [5.74, 6) is 0. The average Bonchev–Trinajstić information content (AvgIpc) is 2.93. The molecule has 29 heavy (non-hydrogen) atoms. The summed E-state index contributed by atoms with van der Waals surface area (Å²) in [5.41, 5.74) is 3.89. The number of nitrogens with zero attached hydrogens (tertiary/aromatic N) is 2. The van der Waals surface area contributed by atoms with Crippen LogP contribution in [0.1, 0.15) is 51.7 Å². The highest BCUT2D eigenvalue weighted by atomic mass is 16.7. The van der Waals surface area contributed by atoms with Gasteiger partial charge in [-0.3, -0.25) is 9.97 Å². The molecule has 2 aromatic heterocycles. The molecule has 1 fully saturated rings. The van der Waals surface area contributed by atoms with Crippen LogP contribution in [0.4, 0.5) is 0 Å². The number of rotatable bonds is 6. The maximum Gasteiger partial charge on any atom is 0.494 e. The molecule has 1 aliphatic heterocycles. The van der Waals surface area contributed by atoms with E-state index in [-0.39, 0.29) is 18.3 Å². The Labute approximate surface area is 173 Å². The molecular formula is C24H28BN2O2. The quantitative estimate of drug-likeness (QED) is 0.468. The van der Waals surface area contributed by atoms with Gasteiger partial charge in [0, 0.05) is 30.0 Å². The fourth-order valence-corrected chi connectivity index (χ4v) is 3.61. The zero-order valence-electron chi connectivity index (χ0n) is 17.7. The first-order valence-electron chi connectivity index (χ1n) is 10.4. The van der Waals surface area contributed by atoms with Crippen LogP contribution in [0.25, 0.3) is 10.9 Å². The summed E-state index contributed by atoms with van der Waals surface area (Å²) in [6, 6.07) is 13.6. The maximum absolute atomic E-state index is 6.20. The molecule has 0 unspecified atom stereocenters. The molecule has 1 aromatic carbocycles. The Kier molecular flexibility index (Phi) is 5.45. The Balaban J connectivity index is 1.43. The predicted octanol–water partition coefficient (Wildman–Crippen LogP) is 4.29. The summed E-state index contributed by atoms with van der Waals surface area (Å²) in [6.45, 7) is 8.32. The lowest BCUT2D eigenvalue weighted by Gasteiger charge is -2.32. The highest BCUT2D eigenvalue weighted by Crippen LogP contribution is 2.36. The maximum atomic E-state index is 6.20. The van der Waals surface area contributed by atoms with Crippen molar-refractivity contribution in [2.24, 2.45) is 0 Å². The van der Waals surface area contributed by atoms with Crippen LogP contribution in [0.15, 0.2) is 48.9 Å². The van der Waals surface area contributed by atoms with Crippen molar-refractivity contribution in [1.82, 2.24) is 9.97 Å². The average molecular weight is 387 g/mol. The molecular weight excluding hydrogens is 359 g/mol. The molecule has 3 heterocycles. The summed E-state index contributed by atoms with van der Waals surface area (Å²) in [4.78, 5) is 8.77. The van der Waals surface area contributed by atoms with E-state index in [1.165, 1.54) is 11.1 Å². The molecule has 0 bridgehead atoms. The zero-order valence-corrected chi connectivity index (χ0v) is 17.7. The largest absolute Gasteiger partial charge is 0.494 e. The van der Waals surface area contributed by atoms with Crippen molar-refractivity contribution in [2.75, 3.05) is 0 Å². The van der Waals surface area contributed by atoms with E-state index in [9.17, 15) is 0 Å². The topological polar surface area (TPSA) is 44.2 Å². The second-order valence-electron chi connectivity index (χ2n) is 8.88. The number of aryl methyl sites for hydroxylation is 2. The molecule has 3 aromatic rings. The van der Waals surface area contributed by atoms with Crippen LogP contribution >= 0.6 is 0 Å². The highest BCUT2D eigenvalue weighted by molar-refractivity contribution is 6.62. The van der Waals surface area contributed by atoms with Crippen molar-refractivity contribution in [3.8, 4) is 0 Å². The number of pyridine rings is 2. The van der Waals surface area contributed by atoms with E-state index in [0.29, 0.717) is 0 Å². The molecule has 0 atom stereocenters. The molecule has 1 aliphatic rings. The van der Waals surface area contributed by atoms with Gasteiger partial charge in [-0.25, -0.2) is 0 Å². The van der Waals surface area contributed by atoms with Gasteiger partial charge in [0.25, 0.3) is 0 Å². The first-order chi connectivity index (χ1) is 13.8. The minimum atomic E-state index is -0.343. The Morgan fingerprint density at radius 2 is 1.66 bits per heavy atom. The minimum absolute atomic E-state index is 0.335. The number of hydrogen-bond acceptors (Lipinski definition) is 4. The fourth-order valence-electron chi connectivity index (χ4n) is 3.61. The van der Waals surface area contributed by atoms with Crippen molar-refractivity contribution < 1.29 is 9.31 Å². The lowest BCUT2D eigenvalue weighted by Crippen LogP contribution is -2.41. The van der Waals surface area contributed by atoms with Gasteiger partial charge in [-0.1, -0.05) is 12.1 Å². The van der Waals surface area contributed by atoms with Crippen LogP contribution < -0.4 is 5.46 Å². The van der Waals surface area contributed by atoms with E-state index in [0.717, 1.165) is 42.0 Å². The van der Waals surface area contributed by atoms with Crippen molar-refractivity contribution >= 4 is 23.5 Å². The number of fused-ring (bicyclic) bond motifs is 1. The summed E-state index contributed by atoms with van der Waals surface area (Å²) in [6.07, 6.45) is 9.93. The van der Waals surface area contributed by atoms with Gasteiger partial charge in [-0.15, -0.1) is 0 Å². The van der Waals surface area contributed by atoms with Crippen molar-refractivity contribution in [3.63, 3.8) is 0 Å². The third-order valence-corrected chi connectivity index (χ3v) is 6.13. The van der Waals surface area contributed by atoms with E-state index in [1.54, 1.807) is 6.20 Å². The number of benzene rings is 1. The van der Waals surface area contributed by atoms with Crippen molar-refractivity contribution in [1.29, 1.82) is 0 Å². The number of hydrogen-bond donors (Lipinski definition) is 0. The Hall–Kier alpha value is -2.24. The Morgan fingerprint density at radius 3 is 2.34 bits per heavy atom. The second-order valence-corrected chi connectivity index (χ2v) is 8.88. The third-order valence-electron chi connectivity index (χ3n) is 6.13. The first-order valence-corrected chi connectivity index (χ1v) is 10.4. The van der Waals surface area contributed by atoms with Crippen LogP contribution in [-0.2, 0) is 22.2 Å². The van der Waals surface area contributed by atoms with Crippen molar-refractivity contribution in [3.05, 3.63) is 66.1 Å². The fraction of sp³-hybridized carbons (Fsp3) is 0.417. The minimum Gasteiger partial charge on any atom is -0.399 e. The number of aromatic nitrogens is 2. The molecule has 4 nitrogen and oxygen atoms in total. The van der Waals surface area contributed by atoms with E-state index in [4.69, 9.17) is 9.31 Å². The van der Waals surface area contributed by atoms with Crippen LogP contribution in [0.5, 0.6) is 0 Å². The van der Waals surface area contributed by atoms with Gasteiger partial charge in [0.05, 0.1) is 16.7 Å². The zero-order chi connectivity index (χ0) is 20.5. The van der Waals surface area contributed by atoms with Gasteiger partial charge in [-0.05, 0) is 88.2 Å². The second kappa shape index (κ2) is 7.89. The summed E-state index contributed by atoms with van der Waals surface area (Å²) in [7, 11) is -0.343. The molecule has 0 saturated carbocycles. The summed E-state index contributed by atoms with van der Waals surface area (Å²) in [5, 5.41) is 1.14. The van der Waals surface area contributed by atoms with Gasteiger partial charge in [0.15, 0.2) is 0 Å². The monoisotopic (exact) mass is 387 g/mol. The molecule has 0 spiro atoms. The van der Waals surface area contributed by atoms with Gasteiger partial charge in [0.2, 0.25) is 0 Å². The number of unbranched alkanes of at least 4 members (excludes halogenated alkanes) is 1. The van der Waals surface area contributed by atoms with Crippen LogP contribution in [0.3, 0.4) is 0 Å². The molecule has 0 N–H and O–H groups in total. The van der Waals surface area contributed by atoms with E-state index < -0.39 is 0 Å². The molecule has 149 valence electrons. The molecule has 1 saturated heterocycles. The lowest BCUT2D eigenvalue weighted by atomic mass is 9.78. The molecule has 5 heteroatoms. The SMILES string of the molecule is CC1(C)OB(c2ccc3ncc(CCCCc4c[c]cnc4)cc3c2)OC1(C)C. The lowest BCUT2D eigenvalue weighted by molar-refractivity contribution is 0.00578. The third kappa shape index (κ3) is 4.36. The Bertz CT molecular complexity index is 973. The van der Waals surface area contributed by atoms with Gasteiger partial charge >= 0.3 is 7.12 Å². The molecule has 0 amide bonds. The Morgan fingerprint density at radius 1 is 0.931 bits per heavy atom. The van der Waals surface area contributed by atoms with E-state index >= 15 is 0 Å². The van der Waals surface area contributed by atoms with Crippen LogP contribution in [0.2, 0.25) is 0 Å². The summed E-state index contributed by atoms with van der Waals surface area (Å²) >= 11 is 0. The summed E-state index contributed by atoms with van der Waals surface area (Å²) < 4.78 is 12.4. The van der Waals surface area contributed by atoms with Crippen molar-refractivity contribution in [2.45, 2.75) is 64.6 Å². The molecule has 0 aliphatic carbocycles. The molecule has 1 radical (unpaired) electrons. The van der Waals surface area contributed by atoms with Crippen LogP contribution in [-0.4, -0.2) is 28.3 Å². The standard InChI is InChI=1S/C24H28BN2O2/c1-23(2)24(3,4)29-25(28-23)21-11-12-22-20(15-21)14-19(17-27-22)9-6-5-8-18-10-7-13-26-16-18/h10-17H,5-6,8-9H2,1-4H3. The smallest absolute Gasteiger partial charge is 0.399 e. The normalized spacial score (nSPS) is 17.7. The van der Waals surface area contributed by atoms with Gasteiger partial charge < -0.3 is 9.31 Å². The predicted molar refractivity (Wildman–Crippen MR) is 117 cm³/mol. The van der Waals surface area contributed by atoms with E-state index in [2.05, 4.69) is 68.0 Å². The van der Waals surface area contributed by atoms with Gasteiger partial charge in [0.1, 0.15) is 0 Å².